The van der Waals surface area contributed by atoms with Crippen LogP contribution in [-0.4, -0.2) is 20.3 Å². The van der Waals surface area contributed by atoms with E-state index in [4.69, 9.17) is 16.3 Å². The number of ether oxygens (including phenoxy) is 1. The summed E-state index contributed by atoms with van der Waals surface area (Å²) >= 11 is 6.19. The molecule has 1 aromatic rings. The fraction of sp³-hybridized carbons (Fsp3) is 0.571. The Balaban J connectivity index is 2.24. The first-order chi connectivity index (χ1) is 8.24. The molecule has 2 unspecified atom stereocenters. The highest BCUT2D eigenvalue weighted by Gasteiger charge is 2.25. The van der Waals surface area contributed by atoms with Gasteiger partial charge in [-0.15, -0.1) is 0 Å². The number of nitrogens with one attached hydrogen (secondary N) is 1. The summed E-state index contributed by atoms with van der Waals surface area (Å²) in [6.45, 7) is 3.84. The van der Waals surface area contributed by atoms with Gasteiger partial charge in [0.05, 0.1) is 6.61 Å². The summed E-state index contributed by atoms with van der Waals surface area (Å²) in [6.07, 6.45) is 2.37. The van der Waals surface area contributed by atoms with Crippen LogP contribution < -0.4 is 5.32 Å². The first-order valence-electron chi connectivity index (χ1n) is 6.24. The maximum Gasteiger partial charge on any atom is 0.0512 e. The van der Waals surface area contributed by atoms with Crippen molar-refractivity contribution >= 4 is 11.6 Å². The molecule has 2 atom stereocenters. The minimum atomic E-state index is 0.342. The number of halogens is 1. The zero-order valence-corrected chi connectivity index (χ0v) is 11.3. The third kappa shape index (κ3) is 2.82. The Morgan fingerprint density at radius 2 is 2.29 bits per heavy atom. The van der Waals surface area contributed by atoms with Gasteiger partial charge in [0.1, 0.15) is 0 Å². The first kappa shape index (κ1) is 12.9. The highest BCUT2D eigenvalue weighted by atomic mass is 35.5. The predicted octanol–water partition coefficient (Wildman–Crippen LogP) is 3.34. The second-order valence-electron chi connectivity index (χ2n) is 4.70. The third-order valence-corrected chi connectivity index (χ3v) is 4.03. The lowest BCUT2D eigenvalue weighted by atomic mass is 9.87. The van der Waals surface area contributed by atoms with Gasteiger partial charge in [-0.1, -0.05) is 23.7 Å². The SMILES string of the molecule is CNC(c1cccc(Cl)c1C)C1CCCOC1. The van der Waals surface area contributed by atoms with E-state index in [0.717, 1.165) is 24.7 Å². The van der Waals surface area contributed by atoms with Crippen LogP contribution in [0.3, 0.4) is 0 Å². The lowest BCUT2D eigenvalue weighted by Crippen LogP contribution is -2.31. The second-order valence-corrected chi connectivity index (χ2v) is 5.10. The lowest BCUT2D eigenvalue weighted by Gasteiger charge is -2.31. The largest absolute Gasteiger partial charge is 0.381 e. The Hall–Kier alpha value is -0.570. The summed E-state index contributed by atoms with van der Waals surface area (Å²) in [6, 6.07) is 6.48. The van der Waals surface area contributed by atoms with Gasteiger partial charge in [-0.2, -0.15) is 0 Å². The summed E-state index contributed by atoms with van der Waals surface area (Å²) in [7, 11) is 2.01. The van der Waals surface area contributed by atoms with E-state index in [2.05, 4.69) is 18.3 Å². The Morgan fingerprint density at radius 1 is 1.47 bits per heavy atom. The van der Waals surface area contributed by atoms with Gasteiger partial charge in [-0.3, -0.25) is 0 Å². The molecule has 94 valence electrons. The lowest BCUT2D eigenvalue weighted by molar-refractivity contribution is 0.0401. The van der Waals surface area contributed by atoms with Crippen molar-refractivity contribution in [3.63, 3.8) is 0 Å². The minimum Gasteiger partial charge on any atom is -0.381 e. The quantitative estimate of drug-likeness (QED) is 0.892. The van der Waals surface area contributed by atoms with Gasteiger partial charge in [-0.05, 0) is 44.0 Å². The molecular weight excluding hydrogens is 234 g/mol. The van der Waals surface area contributed by atoms with Crippen LogP contribution in [0.4, 0.5) is 0 Å². The van der Waals surface area contributed by atoms with E-state index in [1.54, 1.807) is 0 Å². The molecule has 3 heteroatoms. The number of hydrogen-bond acceptors (Lipinski definition) is 2. The van der Waals surface area contributed by atoms with Gasteiger partial charge in [0.15, 0.2) is 0 Å². The van der Waals surface area contributed by atoms with E-state index in [9.17, 15) is 0 Å². The Bertz CT molecular complexity index is 374. The third-order valence-electron chi connectivity index (χ3n) is 3.62. The monoisotopic (exact) mass is 253 g/mol. The Morgan fingerprint density at radius 3 is 2.94 bits per heavy atom. The van der Waals surface area contributed by atoms with Crippen LogP contribution in [-0.2, 0) is 4.74 Å². The predicted molar refractivity (Wildman–Crippen MR) is 71.5 cm³/mol. The molecule has 0 amide bonds. The fourth-order valence-electron chi connectivity index (χ4n) is 2.63. The summed E-state index contributed by atoms with van der Waals surface area (Å²) in [5.74, 6) is 0.547. The second kappa shape index (κ2) is 5.85. The Kier molecular flexibility index (Phi) is 4.43. The highest BCUT2D eigenvalue weighted by Crippen LogP contribution is 2.32. The van der Waals surface area contributed by atoms with Crippen LogP contribution in [0.15, 0.2) is 18.2 Å². The topological polar surface area (TPSA) is 21.3 Å². The summed E-state index contributed by atoms with van der Waals surface area (Å²) in [4.78, 5) is 0. The van der Waals surface area contributed by atoms with Crippen molar-refractivity contribution in [2.75, 3.05) is 20.3 Å². The molecule has 0 radical (unpaired) electrons. The van der Waals surface area contributed by atoms with E-state index in [1.165, 1.54) is 17.5 Å². The van der Waals surface area contributed by atoms with Crippen molar-refractivity contribution in [1.29, 1.82) is 0 Å². The molecular formula is C14H20ClNO. The fourth-order valence-corrected chi connectivity index (χ4v) is 2.82. The standard InChI is InChI=1S/C14H20ClNO/c1-10-12(6-3-7-13(10)15)14(16-2)11-5-4-8-17-9-11/h3,6-7,11,14,16H,4-5,8-9H2,1-2H3. The molecule has 1 aliphatic heterocycles. The number of rotatable bonds is 3. The highest BCUT2D eigenvalue weighted by molar-refractivity contribution is 6.31. The molecule has 1 aliphatic rings. The van der Waals surface area contributed by atoms with Crippen molar-refractivity contribution < 1.29 is 4.74 Å². The molecule has 1 aromatic carbocycles. The van der Waals surface area contributed by atoms with E-state index >= 15 is 0 Å². The molecule has 2 rings (SSSR count). The van der Waals surface area contributed by atoms with Gasteiger partial charge < -0.3 is 10.1 Å². The molecule has 2 nitrogen and oxygen atoms in total. The van der Waals surface area contributed by atoms with Crippen LogP contribution in [0.5, 0.6) is 0 Å². The van der Waals surface area contributed by atoms with Crippen molar-refractivity contribution in [2.24, 2.45) is 5.92 Å². The van der Waals surface area contributed by atoms with Crippen molar-refractivity contribution in [3.8, 4) is 0 Å². The van der Waals surface area contributed by atoms with Crippen LogP contribution in [0.25, 0.3) is 0 Å². The molecule has 1 heterocycles. The van der Waals surface area contributed by atoms with Crippen LogP contribution in [0.2, 0.25) is 5.02 Å². The molecule has 0 aromatic heterocycles. The van der Waals surface area contributed by atoms with Gasteiger partial charge >= 0.3 is 0 Å². The van der Waals surface area contributed by atoms with E-state index in [1.807, 2.05) is 19.2 Å². The van der Waals surface area contributed by atoms with E-state index < -0.39 is 0 Å². The molecule has 1 saturated heterocycles. The average Bonchev–Trinajstić information content (AvgIpc) is 2.37. The van der Waals surface area contributed by atoms with Crippen molar-refractivity contribution in [1.82, 2.24) is 5.32 Å². The molecule has 1 N–H and O–H groups in total. The van der Waals surface area contributed by atoms with Crippen LogP contribution in [0, 0.1) is 12.8 Å². The van der Waals surface area contributed by atoms with Crippen LogP contribution >= 0.6 is 11.6 Å². The Labute approximate surface area is 108 Å². The molecule has 0 spiro atoms. The number of hydrogen-bond donors (Lipinski definition) is 1. The molecule has 0 aliphatic carbocycles. The zero-order valence-electron chi connectivity index (χ0n) is 10.5. The molecule has 17 heavy (non-hydrogen) atoms. The van der Waals surface area contributed by atoms with E-state index in [-0.39, 0.29) is 0 Å². The van der Waals surface area contributed by atoms with Gasteiger partial charge in [0.25, 0.3) is 0 Å². The van der Waals surface area contributed by atoms with Crippen molar-refractivity contribution in [3.05, 3.63) is 34.3 Å². The molecule has 0 saturated carbocycles. The van der Waals surface area contributed by atoms with Crippen LogP contribution in [0.1, 0.15) is 30.0 Å². The summed E-state index contributed by atoms with van der Waals surface area (Å²) in [5, 5.41) is 4.26. The maximum absolute atomic E-state index is 6.19. The minimum absolute atomic E-state index is 0.342. The zero-order chi connectivity index (χ0) is 12.3. The summed E-state index contributed by atoms with van der Waals surface area (Å²) < 4.78 is 5.58. The van der Waals surface area contributed by atoms with Gasteiger partial charge in [-0.25, -0.2) is 0 Å². The summed E-state index contributed by atoms with van der Waals surface area (Å²) in [5.41, 5.74) is 2.48. The number of benzene rings is 1. The first-order valence-corrected chi connectivity index (χ1v) is 6.62. The van der Waals surface area contributed by atoms with Crippen molar-refractivity contribution in [2.45, 2.75) is 25.8 Å². The average molecular weight is 254 g/mol. The van der Waals surface area contributed by atoms with Gasteiger partial charge in [0, 0.05) is 23.6 Å². The molecule has 0 bridgehead atoms. The van der Waals surface area contributed by atoms with E-state index in [0.29, 0.717) is 12.0 Å². The molecule has 1 fully saturated rings. The smallest absolute Gasteiger partial charge is 0.0512 e. The van der Waals surface area contributed by atoms with Gasteiger partial charge in [0.2, 0.25) is 0 Å². The maximum atomic E-state index is 6.19. The normalized spacial score (nSPS) is 22.4.